The smallest absolute Gasteiger partial charge is 0.330 e. The standard InChI is InChI=1S/C32H30O13/c1-40-19-10-6-17(7-11-19)30-31(27(37)25-21(34)13-20(41-2)14-22(25)43-30)45-32-29(39)28(38)26(36)23(44-32)15-42-24(35)12-5-16-3-8-18(33)9-4-16/h3-14,23,26,28-29,32-34,36,38-39H,15H2,1-2H3/t23-,26-,28+,29-,32+/m1/s1. The van der Waals surface area contributed by atoms with Crippen LogP contribution in [0.3, 0.4) is 0 Å². The molecule has 0 aliphatic carbocycles. The van der Waals surface area contributed by atoms with Gasteiger partial charge in [0, 0.05) is 23.8 Å². The minimum absolute atomic E-state index is 0.0271. The number of carbonyl (C=O) groups excluding carboxylic acids is 1. The summed E-state index contributed by atoms with van der Waals surface area (Å²) in [5.41, 5.74) is 0.0997. The summed E-state index contributed by atoms with van der Waals surface area (Å²) in [6.45, 7) is -0.554. The van der Waals surface area contributed by atoms with Crippen LogP contribution in [0.2, 0.25) is 0 Å². The van der Waals surface area contributed by atoms with Crippen molar-refractivity contribution in [1.82, 2.24) is 0 Å². The van der Waals surface area contributed by atoms with E-state index >= 15 is 0 Å². The molecule has 45 heavy (non-hydrogen) atoms. The Labute approximate surface area is 255 Å². The molecule has 0 spiro atoms. The fourth-order valence-electron chi connectivity index (χ4n) is 4.64. The first-order chi connectivity index (χ1) is 21.6. The summed E-state index contributed by atoms with van der Waals surface area (Å²) in [5, 5.41) is 51.6. The summed E-state index contributed by atoms with van der Waals surface area (Å²) in [4.78, 5) is 26.1. The first-order valence-corrected chi connectivity index (χ1v) is 13.6. The molecule has 5 atom stereocenters. The molecule has 0 unspecified atom stereocenters. The van der Waals surface area contributed by atoms with E-state index in [9.17, 15) is 35.1 Å². The van der Waals surface area contributed by atoms with Crippen LogP contribution in [0.25, 0.3) is 28.4 Å². The van der Waals surface area contributed by atoms with Gasteiger partial charge in [0.05, 0.1) is 14.2 Å². The minimum atomic E-state index is -1.86. The van der Waals surface area contributed by atoms with Crippen LogP contribution in [0.4, 0.5) is 0 Å². The molecule has 1 aromatic heterocycles. The highest BCUT2D eigenvalue weighted by Crippen LogP contribution is 2.37. The van der Waals surface area contributed by atoms with Crippen molar-refractivity contribution in [2.75, 3.05) is 20.8 Å². The van der Waals surface area contributed by atoms with Crippen LogP contribution in [0.1, 0.15) is 5.56 Å². The zero-order chi connectivity index (χ0) is 32.2. The van der Waals surface area contributed by atoms with Crippen LogP contribution in [0.5, 0.6) is 28.7 Å². The van der Waals surface area contributed by atoms with Gasteiger partial charge in [-0.2, -0.15) is 0 Å². The van der Waals surface area contributed by atoms with Gasteiger partial charge in [0.2, 0.25) is 17.5 Å². The lowest BCUT2D eigenvalue weighted by Gasteiger charge is -2.39. The second-order valence-corrected chi connectivity index (χ2v) is 10.0. The highest BCUT2D eigenvalue weighted by molar-refractivity contribution is 5.88. The molecule has 1 aliphatic rings. The van der Waals surface area contributed by atoms with E-state index in [4.69, 9.17) is 28.1 Å². The van der Waals surface area contributed by atoms with Crippen molar-refractivity contribution >= 4 is 23.0 Å². The maximum absolute atomic E-state index is 13.7. The maximum atomic E-state index is 13.7. The summed E-state index contributed by atoms with van der Waals surface area (Å²) >= 11 is 0. The molecule has 3 aromatic carbocycles. The third-order valence-electron chi connectivity index (χ3n) is 7.09. The van der Waals surface area contributed by atoms with Gasteiger partial charge in [0.15, 0.2) is 5.76 Å². The molecule has 5 N–H and O–H groups in total. The number of fused-ring (bicyclic) bond motifs is 1. The molecule has 1 aliphatic heterocycles. The number of methoxy groups -OCH3 is 2. The van der Waals surface area contributed by atoms with Gasteiger partial charge in [-0.1, -0.05) is 12.1 Å². The zero-order valence-electron chi connectivity index (χ0n) is 24.0. The van der Waals surface area contributed by atoms with Crippen LogP contribution in [-0.2, 0) is 14.3 Å². The molecule has 0 bridgehead atoms. The Morgan fingerprint density at radius 2 is 1.58 bits per heavy atom. The van der Waals surface area contributed by atoms with Crippen molar-refractivity contribution in [1.29, 1.82) is 0 Å². The molecule has 1 saturated heterocycles. The number of hydrogen-bond donors (Lipinski definition) is 5. The Morgan fingerprint density at radius 3 is 2.24 bits per heavy atom. The highest BCUT2D eigenvalue weighted by atomic mass is 16.7. The van der Waals surface area contributed by atoms with Crippen LogP contribution >= 0.6 is 0 Å². The number of phenols is 2. The molecular formula is C32H30O13. The van der Waals surface area contributed by atoms with E-state index in [1.54, 1.807) is 36.4 Å². The average Bonchev–Trinajstić information content (AvgIpc) is 3.04. The fourth-order valence-corrected chi connectivity index (χ4v) is 4.64. The Kier molecular flexibility index (Phi) is 9.25. The number of esters is 1. The zero-order valence-corrected chi connectivity index (χ0v) is 24.0. The molecule has 1 fully saturated rings. The number of phenolic OH excluding ortho intramolecular Hbond substituents is 2. The van der Waals surface area contributed by atoms with Crippen molar-refractivity contribution in [3.8, 4) is 40.1 Å². The first-order valence-electron chi connectivity index (χ1n) is 13.6. The molecule has 236 valence electrons. The number of rotatable bonds is 9. The topological polar surface area (TPSA) is 195 Å². The number of ether oxygens (including phenoxy) is 5. The van der Waals surface area contributed by atoms with Crippen LogP contribution in [-0.4, -0.2) is 83.0 Å². The van der Waals surface area contributed by atoms with Gasteiger partial charge in [-0.15, -0.1) is 0 Å². The number of aromatic hydroxyl groups is 2. The van der Waals surface area contributed by atoms with Crippen molar-refractivity contribution in [2.45, 2.75) is 30.7 Å². The largest absolute Gasteiger partial charge is 0.508 e. The quantitative estimate of drug-likeness (QED) is 0.135. The van der Waals surface area contributed by atoms with Gasteiger partial charge in [-0.3, -0.25) is 4.79 Å². The lowest BCUT2D eigenvalue weighted by atomic mass is 9.99. The molecule has 2 heterocycles. The third kappa shape index (κ3) is 6.71. The molecule has 0 amide bonds. The van der Waals surface area contributed by atoms with Crippen LogP contribution in [0, 0.1) is 0 Å². The molecule has 13 heteroatoms. The fraction of sp³-hybridized carbons (Fsp3) is 0.250. The first kappa shape index (κ1) is 31.3. The van der Waals surface area contributed by atoms with Crippen molar-refractivity contribution in [3.05, 3.63) is 82.5 Å². The van der Waals surface area contributed by atoms with Gasteiger partial charge >= 0.3 is 5.97 Å². The summed E-state index contributed by atoms with van der Waals surface area (Å²) in [6, 6.07) is 15.0. The SMILES string of the molecule is COc1ccc(-c2oc3cc(OC)cc(O)c3c(=O)c2O[C@@H]2O[C@H](COC(=O)C=Cc3ccc(O)cc3)[C@@H](O)[C@H](O)[C@H]2O)cc1. The summed E-state index contributed by atoms with van der Waals surface area (Å²) in [5.74, 6) is -1.06. The predicted octanol–water partition coefficient (Wildman–Crippen LogP) is 2.33. The van der Waals surface area contributed by atoms with Gasteiger partial charge < -0.3 is 53.6 Å². The van der Waals surface area contributed by atoms with Crippen molar-refractivity contribution in [2.24, 2.45) is 0 Å². The molecule has 13 nitrogen and oxygen atoms in total. The van der Waals surface area contributed by atoms with E-state index in [1.165, 1.54) is 44.6 Å². The Balaban J connectivity index is 1.43. The highest BCUT2D eigenvalue weighted by Gasteiger charge is 2.46. The Hall–Kier alpha value is -5.08. The lowest BCUT2D eigenvalue weighted by Crippen LogP contribution is -2.60. The maximum Gasteiger partial charge on any atom is 0.330 e. The van der Waals surface area contributed by atoms with E-state index in [0.717, 1.165) is 6.08 Å². The Morgan fingerprint density at radius 1 is 0.889 bits per heavy atom. The van der Waals surface area contributed by atoms with Crippen LogP contribution < -0.4 is 19.6 Å². The normalized spacial score (nSPS) is 21.5. The van der Waals surface area contributed by atoms with E-state index in [-0.39, 0.29) is 28.2 Å². The molecule has 0 radical (unpaired) electrons. The van der Waals surface area contributed by atoms with Gasteiger partial charge in [0.25, 0.3) is 0 Å². The second kappa shape index (κ2) is 13.3. The van der Waals surface area contributed by atoms with Gasteiger partial charge in [-0.25, -0.2) is 4.79 Å². The molecule has 5 rings (SSSR count). The van der Waals surface area contributed by atoms with Crippen molar-refractivity contribution < 1.29 is 58.4 Å². The average molecular weight is 623 g/mol. The van der Waals surface area contributed by atoms with Crippen LogP contribution in [0.15, 0.2) is 76.0 Å². The minimum Gasteiger partial charge on any atom is -0.508 e. The molecular weight excluding hydrogens is 592 g/mol. The summed E-state index contributed by atoms with van der Waals surface area (Å²) in [6.07, 6.45) is -5.95. The predicted molar refractivity (Wildman–Crippen MR) is 158 cm³/mol. The third-order valence-corrected chi connectivity index (χ3v) is 7.09. The van der Waals surface area contributed by atoms with Gasteiger partial charge in [0.1, 0.15) is 65.0 Å². The van der Waals surface area contributed by atoms with E-state index in [2.05, 4.69) is 0 Å². The van der Waals surface area contributed by atoms with E-state index < -0.39 is 60.2 Å². The van der Waals surface area contributed by atoms with Crippen molar-refractivity contribution in [3.63, 3.8) is 0 Å². The lowest BCUT2D eigenvalue weighted by molar-refractivity contribution is -0.278. The molecule has 0 saturated carbocycles. The second-order valence-electron chi connectivity index (χ2n) is 10.0. The number of benzene rings is 3. The van der Waals surface area contributed by atoms with Gasteiger partial charge in [-0.05, 0) is 48.0 Å². The number of aliphatic hydroxyl groups is 3. The number of aliphatic hydroxyl groups excluding tert-OH is 3. The number of carbonyl (C=O) groups is 1. The molecule has 4 aromatic rings. The Bertz CT molecular complexity index is 1740. The number of hydrogen-bond acceptors (Lipinski definition) is 13. The van der Waals surface area contributed by atoms with E-state index in [0.29, 0.717) is 16.9 Å². The summed E-state index contributed by atoms with van der Waals surface area (Å²) < 4.78 is 33.1. The summed E-state index contributed by atoms with van der Waals surface area (Å²) in [7, 11) is 2.86. The van der Waals surface area contributed by atoms with E-state index in [1.807, 2.05) is 0 Å². The monoisotopic (exact) mass is 622 g/mol.